The molecular weight excluding hydrogens is 1480 g/mol. The van der Waals surface area contributed by atoms with Gasteiger partial charge >= 0.3 is 35.8 Å². The molecule has 0 fully saturated rings. The van der Waals surface area contributed by atoms with Gasteiger partial charge < -0.3 is 43.7 Å². The first-order valence-corrected chi connectivity index (χ1v) is 51.8. The SMILES string of the molecule is CCCCCCCCCCCCCCC(=O)OCC(CO)OC(=O)CCCCCCCCCCCCCC.CCCCCCCCCCCCCCCC(=O)OCC(CO)OC(=O)CCCCCCCCCCCCCCC.CCCCCCCCCCCCCCCC(=O)OC[C@H](CO)OC(=O)CCCCCCCCCCCCCCC. The number of aliphatic hydroxyl groups is 3. The van der Waals surface area contributed by atoms with Crippen LogP contribution < -0.4 is 0 Å². The lowest BCUT2D eigenvalue weighted by Gasteiger charge is -2.15. The lowest BCUT2D eigenvalue weighted by atomic mass is 10.0. The van der Waals surface area contributed by atoms with E-state index in [1.54, 1.807) is 0 Å². The number of rotatable bonds is 94. The van der Waals surface area contributed by atoms with Crippen LogP contribution in [-0.2, 0) is 57.2 Å². The Hall–Kier alpha value is -3.30. The third-order valence-corrected chi connectivity index (χ3v) is 23.2. The Labute approximate surface area is 730 Å². The van der Waals surface area contributed by atoms with Crippen molar-refractivity contribution in [3.63, 3.8) is 0 Å². The maximum absolute atomic E-state index is 12.1. The molecule has 702 valence electrons. The molecule has 15 nitrogen and oxygen atoms in total. The molecule has 2 unspecified atom stereocenters. The van der Waals surface area contributed by atoms with Crippen LogP contribution in [-0.4, -0.2) is 109 Å². The summed E-state index contributed by atoms with van der Waals surface area (Å²) in [7, 11) is 0. The highest BCUT2D eigenvalue weighted by atomic mass is 16.6. The van der Waals surface area contributed by atoms with E-state index in [2.05, 4.69) is 41.5 Å². The van der Waals surface area contributed by atoms with Gasteiger partial charge in [-0.15, -0.1) is 0 Å². The van der Waals surface area contributed by atoms with Crippen LogP contribution in [0.3, 0.4) is 0 Å². The molecule has 0 heterocycles. The minimum atomic E-state index is -0.759. The van der Waals surface area contributed by atoms with Crippen LogP contribution >= 0.6 is 0 Å². The van der Waals surface area contributed by atoms with Gasteiger partial charge in [0.05, 0.1) is 19.8 Å². The molecule has 0 aliphatic heterocycles. The number of carbonyl (C=O) groups is 6. The van der Waals surface area contributed by atoms with Crippen molar-refractivity contribution in [2.45, 2.75) is 586 Å². The molecule has 0 aromatic rings. The zero-order chi connectivity index (χ0) is 86.7. The number of aliphatic hydroxyl groups excluding tert-OH is 3. The predicted molar refractivity (Wildman–Crippen MR) is 496 cm³/mol. The number of ether oxygens (including phenoxy) is 6. The average Bonchev–Trinajstić information content (AvgIpc) is 0.971. The second-order valence-electron chi connectivity index (χ2n) is 35.2. The number of unbranched alkanes of at least 4 members (excludes halogenated alkanes) is 70. The number of carbonyl (C=O) groups excluding carboxylic acids is 6. The van der Waals surface area contributed by atoms with E-state index in [1.807, 2.05) is 0 Å². The van der Waals surface area contributed by atoms with Crippen LogP contribution in [0, 0.1) is 0 Å². The summed E-state index contributed by atoms with van der Waals surface area (Å²) in [5.74, 6) is -1.74. The Bertz CT molecular complexity index is 1930. The Morgan fingerprint density at radius 3 is 0.373 bits per heavy atom. The highest BCUT2D eigenvalue weighted by Gasteiger charge is 2.20. The molecular formula is C103H200O15. The zero-order valence-corrected chi connectivity index (χ0v) is 79.2. The van der Waals surface area contributed by atoms with Crippen molar-refractivity contribution in [2.75, 3.05) is 39.6 Å². The van der Waals surface area contributed by atoms with Gasteiger partial charge in [-0.05, 0) is 38.5 Å². The summed E-state index contributed by atoms with van der Waals surface area (Å²) in [4.78, 5) is 72.3. The molecule has 3 atom stereocenters. The molecule has 0 rings (SSSR count). The van der Waals surface area contributed by atoms with Gasteiger partial charge in [0.25, 0.3) is 0 Å². The fraction of sp³-hybridized carbons (Fsp3) is 0.942. The van der Waals surface area contributed by atoms with Gasteiger partial charge in [0.1, 0.15) is 19.8 Å². The molecule has 0 spiro atoms. The van der Waals surface area contributed by atoms with Gasteiger partial charge in [0.15, 0.2) is 18.3 Å². The lowest BCUT2D eigenvalue weighted by molar-refractivity contribution is -0.161. The lowest BCUT2D eigenvalue weighted by Crippen LogP contribution is -2.28. The Morgan fingerprint density at radius 2 is 0.263 bits per heavy atom. The molecule has 0 amide bonds. The molecule has 15 heteroatoms. The quantitative estimate of drug-likeness (QED) is 0.0293. The molecule has 0 saturated heterocycles. The van der Waals surface area contributed by atoms with Gasteiger partial charge in [-0.2, -0.15) is 0 Å². The molecule has 0 radical (unpaired) electrons. The van der Waals surface area contributed by atoms with Crippen LogP contribution in [0.4, 0.5) is 0 Å². The van der Waals surface area contributed by atoms with Gasteiger partial charge in [-0.3, -0.25) is 28.8 Å². The summed E-state index contributed by atoms with van der Waals surface area (Å²) in [6.45, 7) is 12.4. The standard InChI is InChI=1S/2C35H68O5.C33H64O5/c2*1-3-5-7-9-11-13-15-17-19-21-23-25-27-29-34(37)39-32-33(31-36)40-35(38)30-28-26-24-22-20-18-16-14-12-10-8-6-4-2;1-3-5-7-9-11-13-15-17-19-21-23-25-27-32(35)37-30-31(29-34)38-33(36)28-26-24-22-20-18-16-14-12-10-8-6-4-2/h2*33,36H,3-32H2,1-2H3;31,34H,3-30H2,1-2H3/t33-;;/m0../s1. The van der Waals surface area contributed by atoms with Crippen molar-refractivity contribution >= 4 is 35.8 Å². The molecule has 3 N–H and O–H groups in total. The molecule has 0 aliphatic rings. The molecule has 0 aliphatic carbocycles. The number of hydrogen-bond donors (Lipinski definition) is 3. The average molecular weight is 1680 g/mol. The van der Waals surface area contributed by atoms with Crippen LogP contribution in [0.1, 0.15) is 568 Å². The van der Waals surface area contributed by atoms with Crippen LogP contribution in [0.15, 0.2) is 0 Å². The van der Waals surface area contributed by atoms with Gasteiger partial charge in [0, 0.05) is 38.5 Å². The second kappa shape index (κ2) is 104. The molecule has 118 heavy (non-hydrogen) atoms. The van der Waals surface area contributed by atoms with E-state index in [9.17, 15) is 44.1 Å². The maximum atomic E-state index is 12.1. The molecule has 0 saturated carbocycles. The van der Waals surface area contributed by atoms with E-state index < -0.39 is 18.3 Å². The normalized spacial score (nSPS) is 12.0. The predicted octanol–water partition coefficient (Wildman–Crippen LogP) is 30.4. The van der Waals surface area contributed by atoms with E-state index >= 15 is 0 Å². The number of esters is 6. The first-order chi connectivity index (χ1) is 57.9. The summed E-state index contributed by atoms with van der Waals surface area (Å²) in [6, 6.07) is 0. The van der Waals surface area contributed by atoms with Crippen molar-refractivity contribution in [3.8, 4) is 0 Å². The van der Waals surface area contributed by atoms with E-state index in [-0.39, 0.29) is 75.5 Å². The van der Waals surface area contributed by atoms with Crippen molar-refractivity contribution in [3.05, 3.63) is 0 Å². The fourth-order valence-corrected chi connectivity index (χ4v) is 15.2. The first-order valence-electron chi connectivity index (χ1n) is 51.8. The third kappa shape index (κ3) is 102. The van der Waals surface area contributed by atoms with E-state index in [0.717, 1.165) is 96.3 Å². The van der Waals surface area contributed by atoms with E-state index in [0.29, 0.717) is 38.5 Å². The largest absolute Gasteiger partial charge is 0.462 e. The Morgan fingerprint density at radius 1 is 0.161 bits per heavy atom. The third-order valence-electron chi connectivity index (χ3n) is 23.2. The summed E-state index contributed by atoms with van der Waals surface area (Å²) in [5.41, 5.74) is 0. The summed E-state index contributed by atoms with van der Waals surface area (Å²) in [6.07, 6.45) is 95.9. The fourth-order valence-electron chi connectivity index (χ4n) is 15.2. The molecule has 0 aromatic carbocycles. The monoisotopic (exact) mass is 1680 g/mol. The van der Waals surface area contributed by atoms with Crippen molar-refractivity contribution < 1.29 is 72.5 Å². The first kappa shape index (κ1) is 119. The highest BCUT2D eigenvalue weighted by Crippen LogP contribution is 2.21. The topological polar surface area (TPSA) is 218 Å². The molecule has 0 bridgehead atoms. The van der Waals surface area contributed by atoms with Crippen molar-refractivity contribution in [2.24, 2.45) is 0 Å². The summed E-state index contributed by atoms with van der Waals surface area (Å²) >= 11 is 0. The molecule has 0 aromatic heterocycles. The Kier molecular flexibility index (Phi) is 105. The highest BCUT2D eigenvalue weighted by molar-refractivity contribution is 5.71. The number of hydrogen-bond acceptors (Lipinski definition) is 15. The van der Waals surface area contributed by atoms with Crippen molar-refractivity contribution in [1.29, 1.82) is 0 Å². The van der Waals surface area contributed by atoms with Crippen molar-refractivity contribution in [1.82, 2.24) is 0 Å². The summed E-state index contributed by atoms with van der Waals surface area (Å²) < 4.78 is 31.7. The van der Waals surface area contributed by atoms with Crippen LogP contribution in [0.5, 0.6) is 0 Å². The maximum Gasteiger partial charge on any atom is 0.306 e. The minimum absolute atomic E-state index is 0.0574. The Balaban J connectivity index is -0.00000168. The summed E-state index contributed by atoms with van der Waals surface area (Å²) in [5, 5.41) is 28.5. The zero-order valence-electron chi connectivity index (χ0n) is 79.2. The van der Waals surface area contributed by atoms with Gasteiger partial charge in [-0.1, -0.05) is 491 Å². The van der Waals surface area contributed by atoms with Crippen LogP contribution in [0.25, 0.3) is 0 Å². The minimum Gasteiger partial charge on any atom is -0.462 e. The van der Waals surface area contributed by atoms with E-state index in [4.69, 9.17) is 28.4 Å². The van der Waals surface area contributed by atoms with E-state index in [1.165, 1.54) is 392 Å². The smallest absolute Gasteiger partial charge is 0.306 e. The van der Waals surface area contributed by atoms with Gasteiger partial charge in [-0.25, -0.2) is 0 Å². The van der Waals surface area contributed by atoms with Gasteiger partial charge in [0.2, 0.25) is 0 Å². The van der Waals surface area contributed by atoms with Crippen LogP contribution in [0.2, 0.25) is 0 Å². The second-order valence-corrected chi connectivity index (χ2v) is 35.2.